The number of rotatable bonds is 4. The van der Waals surface area contributed by atoms with E-state index in [0.29, 0.717) is 18.8 Å². The van der Waals surface area contributed by atoms with Gasteiger partial charge in [0.15, 0.2) is 0 Å². The molecular weight excluding hydrogens is 327 g/mol. The number of nitrogens with two attached hydrogens (primary N) is 1. The number of hydrogen-bond acceptors (Lipinski definition) is 6. The summed E-state index contributed by atoms with van der Waals surface area (Å²) in [6.45, 7) is 7.53. The van der Waals surface area contributed by atoms with E-state index in [1.807, 2.05) is 20.8 Å². The van der Waals surface area contributed by atoms with Gasteiger partial charge in [-0.25, -0.2) is 4.98 Å². The second kappa shape index (κ2) is 6.48. The zero-order valence-electron chi connectivity index (χ0n) is 15.8. The lowest BCUT2D eigenvalue weighted by atomic mass is 9.41. The van der Waals surface area contributed by atoms with Crippen molar-refractivity contribution in [3.63, 3.8) is 0 Å². The van der Waals surface area contributed by atoms with Gasteiger partial charge in [-0.2, -0.15) is 4.98 Å². The van der Waals surface area contributed by atoms with Gasteiger partial charge in [0.2, 0.25) is 5.95 Å². The molecule has 5 N–H and O–H groups in total. The minimum Gasteiger partial charge on any atom is -0.400 e. The standard InChI is InChI=1S/C16H24B3N5O2/c1-13(2,3)24-12-21-7-9(10(20)25)11(22-12)23-15(18)6-5-14(4,17)16(19,26)8-15/h7,26H,5-6,8H2,1-4H3,(H2,20,25)(H2,21,22,23,24). The van der Waals surface area contributed by atoms with Crippen molar-refractivity contribution in [2.45, 2.75) is 68.7 Å². The van der Waals surface area contributed by atoms with Gasteiger partial charge in [-0.15, -0.1) is 0 Å². The third kappa shape index (κ3) is 4.52. The Balaban J connectivity index is 2.35. The fraction of sp³-hybridized carbons (Fsp3) is 0.688. The first-order valence-corrected chi connectivity index (χ1v) is 8.46. The van der Waals surface area contributed by atoms with Crippen molar-refractivity contribution in [2.75, 3.05) is 10.6 Å². The first-order chi connectivity index (χ1) is 11.6. The average molecular weight is 351 g/mol. The van der Waals surface area contributed by atoms with Gasteiger partial charge >= 0.3 is 0 Å². The Bertz CT molecular complexity index is 706. The zero-order chi connectivity index (χ0) is 20.0. The van der Waals surface area contributed by atoms with E-state index < -0.39 is 22.2 Å². The van der Waals surface area contributed by atoms with Gasteiger partial charge in [0.1, 0.15) is 21.5 Å². The maximum atomic E-state index is 11.7. The molecule has 0 saturated heterocycles. The van der Waals surface area contributed by atoms with Crippen molar-refractivity contribution >= 4 is 41.2 Å². The van der Waals surface area contributed by atoms with Crippen LogP contribution in [0.4, 0.5) is 11.8 Å². The summed E-state index contributed by atoms with van der Waals surface area (Å²) in [5.41, 5.74) is 2.44. The average Bonchev–Trinajstić information content (AvgIpc) is 2.41. The minimum absolute atomic E-state index is 0.0305. The quantitative estimate of drug-likeness (QED) is 0.586. The van der Waals surface area contributed by atoms with Crippen LogP contribution in [0.25, 0.3) is 0 Å². The Hall–Kier alpha value is -1.70. The molecule has 1 aromatic heterocycles. The molecule has 1 saturated carbocycles. The highest BCUT2D eigenvalue weighted by atomic mass is 16.3. The van der Waals surface area contributed by atoms with E-state index in [2.05, 4.69) is 20.6 Å². The Morgan fingerprint density at radius 3 is 2.42 bits per heavy atom. The maximum Gasteiger partial charge on any atom is 0.254 e. The number of anilines is 2. The molecule has 10 heteroatoms. The molecule has 1 aliphatic carbocycles. The highest BCUT2D eigenvalue weighted by Crippen LogP contribution is 2.49. The second-order valence-corrected chi connectivity index (χ2v) is 8.49. The van der Waals surface area contributed by atoms with Crippen molar-refractivity contribution in [3.8, 4) is 0 Å². The van der Waals surface area contributed by atoms with Crippen LogP contribution < -0.4 is 16.4 Å². The van der Waals surface area contributed by atoms with Crippen molar-refractivity contribution in [1.29, 1.82) is 0 Å². The fourth-order valence-electron chi connectivity index (χ4n) is 2.87. The molecule has 0 aromatic carbocycles. The van der Waals surface area contributed by atoms with E-state index >= 15 is 0 Å². The van der Waals surface area contributed by atoms with Crippen molar-refractivity contribution in [3.05, 3.63) is 11.8 Å². The number of aliphatic hydroxyl groups is 1. The Labute approximate surface area is 158 Å². The molecule has 1 fully saturated rings. The van der Waals surface area contributed by atoms with E-state index in [-0.39, 0.29) is 23.3 Å². The molecule has 0 bridgehead atoms. The molecule has 0 spiro atoms. The normalized spacial score (nSPS) is 32.0. The van der Waals surface area contributed by atoms with Crippen LogP contribution in [0, 0.1) is 0 Å². The van der Waals surface area contributed by atoms with Crippen LogP contribution in [0.3, 0.4) is 0 Å². The van der Waals surface area contributed by atoms with Gasteiger partial charge in [-0.1, -0.05) is 13.3 Å². The molecule has 3 unspecified atom stereocenters. The molecule has 6 radical (unpaired) electrons. The number of aromatic nitrogens is 2. The molecule has 0 aliphatic heterocycles. The number of nitrogens with one attached hydrogen (secondary N) is 2. The lowest BCUT2D eigenvalue weighted by molar-refractivity contribution is 0.0347. The van der Waals surface area contributed by atoms with Gasteiger partial charge in [0.25, 0.3) is 5.91 Å². The minimum atomic E-state index is -1.68. The SMILES string of the molecule is [B]C1(Nc2nc(NC(C)(C)C)ncc2C(N)=O)CCC([B])(C)C([B])(O)C1. The molecule has 7 nitrogen and oxygen atoms in total. The van der Waals surface area contributed by atoms with Crippen molar-refractivity contribution < 1.29 is 9.90 Å². The Morgan fingerprint density at radius 1 is 1.31 bits per heavy atom. The predicted molar refractivity (Wildman–Crippen MR) is 105 cm³/mol. The molecular formula is C16H24B3N5O2. The summed E-state index contributed by atoms with van der Waals surface area (Å²) in [5, 5.41) is 15.7. The van der Waals surface area contributed by atoms with Gasteiger partial charge < -0.3 is 21.5 Å². The number of carbonyl (C=O) groups is 1. The molecule has 26 heavy (non-hydrogen) atoms. The van der Waals surface area contributed by atoms with Gasteiger partial charge in [0.05, 0.1) is 13.4 Å². The van der Waals surface area contributed by atoms with Gasteiger partial charge in [-0.05, 0) is 38.9 Å². The molecule has 1 heterocycles. The number of nitrogens with zero attached hydrogens (tertiary/aromatic N) is 2. The summed E-state index contributed by atoms with van der Waals surface area (Å²) in [4.78, 5) is 20.2. The van der Waals surface area contributed by atoms with Crippen LogP contribution in [-0.4, -0.2) is 61.0 Å². The third-order valence-electron chi connectivity index (χ3n) is 4.57. The van der Waals surface area contributed by atoms with E-state index in [0.717, 1.165) is 0 Å². The number of primary amides is 1. The molecule has 134 valence electrons. The van der Waals surface area contributed by atoms with E-state index in [9.17, 15) is 9.90 Å². The molecule has 2 rings (SSSR count). The van der Waals surface area contributed by atoms with E-state index in [1.54, 1.807) is 6.92 Å². The molecule has 1 aliphatic rings. The van der Waals surface area contributed by atoms with Gasteiger partial charge in [0, 0.05) is 22.7 Å². The molecule has 1 aromatic rings. The van der Waals surface area contributed by atoms with Crippen molar-refractivity contribution in [1.82, 2.24) is 9.97 Å². The first kappa shape index (κ1) is 20.6. The van der Waals surface area contributed by atoms with E-state index in [1.165, 1.54) is 6.20 Å². The smallest absolute Gasteiger partial charge is 0.254 e. The number of amides is 1. The van der Waals surface area contributed by atoms with Gasteiger partial charge in [-0.3, -0.25) is 4.79 Å². The van der Waals surface area contributed by atoms with Crippen LogP contribution >= 0.6 is 0 Å². The lowest BCUT2D eigenvalue weighted by Crippen LogP contribution is -2.57. The van der Waals surface area contributed by atoms with Crippen LogP contribution in [-0.2, 0) is 0 Å². The van der Waals surface area contributed by atoms with Crippen LogP contribution in [0.5, 0.6) is 0 Å². The van der Waals surface area contributed by atoms with E-state index in [4.69, 9.17) is 29.3 Å². The Morgan fingerprint density at radius 2 is 1.92 bits per heavy atom. The largest absolute Gasteiger partial charge is 0.400 e. The highest BCUT2D eigenvalue weighted by molar-refractivity contribution is 6.27. The maximum absolute atomic E-state index is 11.7. The fourth-order valence-corrected chi connectivity index (χ4v) is 2.87. The van der Waals surface area contributed by atoms with Crippen LogP contribution in [0.1, 0.15) is 57.3 Å². The van der Waals surface area contributed by atoms with Crippen LogP contribution in [0.2, 0.25) is 5.31 Å². The molecule has 1 amide bonds. The lowest BCUT2D eigenvalue weighted by Gasteiger charge is -2.53. The third-order valence-corrected chi connectivity index (χ3v) is 4.57. The van der Waals surface area contributed by atoms with Crippen LogP contribution in [0.15, 0.2) is 6.20 Å². The zero-order valence-corrected chi connectivity index (χ0v) is 15.8. The highest BCUT2D eigenvalue weighted by Gasteiger charge is 2.48. The monoisotopic (exact) mass is 351 g/mol. The Kier molecular flexibility index (Phi) is 5.14. The molecule has 3 atom stereocenters. The summed E-state index contributed by atoms with van der Waals surface area (Å²) in [7, 11) is 18.4. The summed E-state index contributed by atoms with van der Waals surface area (Å²) in [6.07, 6.45) is 2.11. The predicted octanol–water partition coefficient (Wildman–Crippen LogP) is 0.451. The summed E-state index contributed by atoms with van der Waals surface area (Å²) in [5.74, 6) is -0.199. The summed E-state index contributed by atoms with van der Waals surface area (Å²) < 4.78 is 0. The summed E-state index contributed by atoms with van der Waals surface area (Å²) >= 11 is 0. The number of carbonyl (C=O) groups excluding carboxylic acids is 1. The topological polar surface area (TPSA) is 113 Å². The summed E-state index contributed by atoms with van der Waals surface area (Å²) in [6, 6.07) is 0. The van der Waals surface area contributed by atoms with Crippen molar-refractivity contribution in [2.24, 2.45) is 5.73 Å². The second-order valence-electron chi connectivity index (χ2n) is 8.49. The number of hydrogen-bond donors (Lipinski definition) is 4. The first-order valence-electron chi connectivity index (χ1n) is 8.46.